The van der Waals surface area contributed by atoms with Crippen molar-refractivity contribution in [2.45, 2.75) is 0 Å². The van der Waals surface area contributed by atoms with Gasteiger partial charge in [-0.25, -0.2) is 0 Å². The Morgan fingerprint density at radius 2 is 1.88 bits per heavy atom. The van der Waals surface area contributed by atoms with Crippen LogP contribution in [0.1, 0.15) is 15.2 Å². The van der Waals surface area contributed by atoms with Gasteiger partial charge in [0.05, 0.1) is 4.91 Å². The molecule has 0 bridgehead atoms. The molecule has 2 N–H and O–H groups in total. The predicted molar refractivity (Wildman–Crippen MR) is 106 cm³/mol. The number of thiophene rings is 1. The number of rotatable bonds is 4. The van der Waals surface area contributed by atoms with Crippen molar-refractivity contribution >= 4 is 63.4 Å². The zero-order chi connectivity index (χ0) is 18.5. The fourth-order valence-corrected chi connectivity index (χ4v) is 4.09. The van der Waals surface area contributed by atoms with Gasteiger partial charge in [-0.15, -0.1) is 11.3 Å². The third-order valence-corrected chi connectivity index (χ3v) is 5.54. The van der Waals surface area contributed by atoms with Gasteiger partial charge in [0.2, 0.25) is 0 Å². The molecule has 1 aliphatic rings. The number of carbonyl (C=O) groups is 3. The summed E-state index contributed by atoms with van der Waals surface area (Å²) in [5.74, 6) is -1.30. The number of hydrazine groups is 1. The van der Waals surface area contributed by atoms with Crippen molar-refractivity contribution in [3.63, 3.8) is 0 Å². The number of benzene rings is 1. The zero-order valence-electron chi connectivity index (χ0n) is 13.3. The number of amides is 3. The summed E-state index contributed by atoms with van der Waals surface area (Å²) in [7, 11) is 0. The van der Waals surface area contributed by atoms with Crippen LogP contribution < -0.4 is 10.9 Å². The van der Waals surface area contributed by atoms with Crippen molar-refractivity contribution in [1.82, 2.24) is 15.8 Å². The molecule has 26 heavy (non-hydrogen) atoms. The largest absolute Gasteiger partial charge is 0.283 e. The fourth-order valence-electron chi connectivity index (χ4n) is 2.11. The topological polar surface area (TPSA) is 78.5 Å². The lowest BCUT2D eigenvalue weighted by Crippen LogP contribution is -2.47. The highest BCUT2D eigenvalue weighted by molar-refractivity contribution is 8.26. The van der Waals surface area contributed by atoms with E-state index in [1.807, 2.05) is 17.5 Å². The summed E-state index contributed by atoms with van der Waals surface area (Å²) in [5.41, 5.74) is 5.02. The number of hydrogen-bond acceptors (Lipinski definition) is 6. The number of nitrogens with zero attached hydrogens (tertiary/aromatic N) is 1. The van der Waals surface area contributed by atoms with E-state index in [-0.39, 0.29) is 12.5 Å². The molecule has 6 nitrogen and oxygen atoms in total. The van der Waals surface area contributed by atoms with Crippen molar-refractivity contribution in [1.29, 1.82) is 0 Å². The summed E-state index contributed by atoms with van der Waals surface area (Å²) >= 11 is 7.84. The second-order valence-corrected chi connectivity index (χ2v) is 7.81. The van der Waals surface area contributed by atoms with E-state index in [4.69, 9.17) is 12.2 Å². The maximum Gasteiger partial charge on any atom is 0.269 e. The molecule has 0 unspecified atom stereocenters. The first kappa shape index (κ1) is 18.3. The second-order valence-electron chi connectivity index (χ2n) is 5.15. The number of nitrogens with one attached hydrogen (secondary N) is 2. The molecule has 1 fully saturated rings. The van der Waals surface area contributed by atoms with Crippen molar-refractivity contribution in [3.05, 3.63) is 63.2 Å². The van der Waals surface area contributed by atoms with Crippen molar-refractivity contribution in [3.8, 4) is 0 Å². The minimum Gasteiger partial charge on any atom is -0.283 e. The zero-order valence-corrected chi connectivity index (χ0v) is 15.7. The van der Waals surface area contributed by atoms with Gasteiger partial charge < -0.3 is 0 Å². The Balaban J connectivity index is 1.56. The lowest BCUT2D eigenvalue weighted by atomic mass is 10.2. The van der Waals surface area contributed by atoms with Crippen LogP contribution in [-0.2, 0) is 9.59 Å². The quantitative estimate of drug-likeness (QED) is 0.466. The van der Waals surface area contributed by atoms with Gasteiger partial charge in [-0.05, 0) is 29.7 Å². The molecule has 3 amide bonds. The highest BCUT2D eigenvalue weighted by atomic mass is 32.2. The molecule has 2 aromatic rings. The first-order chi connectivity index (χ1) is 12.5. The Kier molecular flexibility index (Phi) is 5.82. The fraction of sp³-hybridized carbons (Fsp3) is 0.0588. The van der Waals surface area contributed by atoms with Crippen LogP contribution in [0.25, 0.3) is 6.08 Å². The first-order valence-electron chi connectivity index (χ1n) is 7.47. The monoisotopic (exact) mass is 403 g/mol. The van der Waals surface area contributed by atoms with Crippen LogP contribution in [0.5, 0.6) is 0 Å². The highest BCUT2D eigenvalue weighted by Gasteiger charge is 2.33. The van der Waals surface area contributed by atoms with Crippen LogP contribution in [0.15, 0.2) is 52.7 Å². The molecule has 0 spiro atoms. The van der Waals surface area contributed by atoms with Crippen LogP contribution >= 0.6 is 35.3 Å². The summed E-state index contributed by atoms with van der Waals surface area (Å²) < 4.78 is 0.308. The Hall–Kier alpha value is -2.49. The van der Waals surface area contributed by atoms with E-state index in [0.29, 0.717) is 14.8 Å². The molecule has 3 rings (SSSR count). The average Bonchev–Trinajstić information content (AvgIpc) is 3.25. The molecule has 1 saturated heterocycles. The predicted octanol–water partition coefficient (Wildman–Crippen LogP) is 2.41. The lowest BCUT2D eigenvalue weighted by Gasteiger charge is -2.14. The Morgan fingerprint density at radius 1 is 1.12 bits per heavy atom. The molecular weight excluding hydrogens is 390 g/mol. The van der Waals surface area contributed by atoms with E-state index in [0.717, 1.165) is 16.6 Å². The Bertz CT molecular complexity index is 879. The van der Waals surface area contributed by atoms with Crippen molar-refractivity contribution in [2.24, 2.45) is 0 Å². The van der Waals surface area contributed by atoms with E-state index in [2.05, 4.69) is 10.9 Å². The van der Waals surface area contributed by atoms with Gasteiger partial charge in [-0.3, -0.25) is 30.1 Å². The lowest BCUT2D eigenvalue weighted by molar-refractivity contribution is -0.129. The highest BCUT2D eigenvalue weighted by Crippen LogP contribution is 2.32. The molecule has 0 aliphatic carbocycles. The number of thiocarbonyl (C=S) groups is 1. The van der Waals surface area contributed by atoms with Crippen LogP contribution in [0.2, 0.25) is 0 Å². The van der Waals surface area contributed by atoms with Crippen molar-refractivity contribution < 1.29 is 14.4 Å². The van der Waals surface area contributed by atoms with Gasteiger partial charge in [-0.2, -0.15) is 0 Å². The normalized spacial score (nSPS) is 15.4. The van der Waals surface area contributed by atoms with Crippen LogP contribution in [-0.4, -0.2) is 33.5 Å². The van der Waals surface area contributed by atoms with Gasteiger partial charge in [-0.1, -0.05) is 48.2 Å². The van der Waals surface area contributed by atoms with Gasteiger partial charge >= 0.3 is 0 Å². The summed E-state index contributed by atoms with van der Waals surface area (Å²) in [6.45, 7) is -0.262. The van der Waals surface area contributed by atoms with Gasteiger partial charge in [0.15, 0.2) is 0 Å². The summed E-state index contributed by atoms with van der Waals surface area (Å²) in [5, 5.41) is 1.91. The minimum atomic E-state index is -0.539. The molecule has 1 aliphatic heterocycles. The van der Waals surface area contributed by atoms with E-state index < -0.39 is 11.8 Å². The smallest absolute Gasteiger partial charge is 0.269 e. The van der Waals surface area contributed by atoms with Crippen LogP contribution in [0, 0.1) is 0 Å². The van der Waals surface area contributed by atoms with Crippen LogP contribution in [0.4, 0.5) is 0 Å². The Labute approximate surface area is 163 Å². The van der Waals surface area contributed by atoms with E-state index in [1.165, 1.54) is 16.2 Å². The minimum absolute atomic E-state index is 0.262. The molecule has 2 heterocycles. The second kappa shape index (κ2) is 8.26. The summed E-state index contributed by atoms with van der Waals surface area (Å²) in [6, 6.07) is 12.3. The molecule has 1 aromatic carbocycles. The first-order valence-corrected chi connectivity index (χ1v) is 9.58. The van der Waals surface area contributed by atoms with Gasteiger partial charge in [0.25, 0.3) is 17.7 Å². The maximum atomic E-state index is 12.4. The van der Waals surface area contributed by atoms with Gasteiger partial charge in [0.1, 0.15) is 10.9 Å². The van der Waals surface area contributed by atoms with Crippen molar-refractivity contribution in [2.75, 3.05) is 6.54 Å². The maximum absolute atomic E-state index is 12.4. The van der Waals surface area contributed by atoms with E-state index >= 15 is 0 Å². The Morgan fingerprint density at radius 3 is 2.58 bits per heavy atom. The molecule has 9 heteroatoms. The van der Waals surface area contributed by atoms with E-state index in [9.17, 15) is 14.4 Å². The number of carbonyl (C=O) groups excluding carboxylic acids is 3. The van der Waals surface area contributed by atoms with Crippen LogP contribution in [0.3, 0.4) is 0 Å². The molecule has 0 saturated carbocycles. The summed E-state index contributed by atoms with van der Waals surface area (Å²) in [4.78, 5) is 39.0. The average molecular weight is 404 g/mol. The molecule has 0 radical (unpaired) electrons. The van der Waals surface area contributed by atoms with Gasteiger partial charge in [0, 0.05) is 10.4 Å². The third kappa shape index (κ3) is 4.37. The molecule has 0 atom stereocenters. The molecule has 1 aromatic heterocycles. The summed E-state index contributed by atoms with van der Waals surface area (Å²) in [6.07, 6.45) is 1.75. The standard InChI is InChI=1S/C17H13N3O3S3/c21-14(18-19-15(22)11-5-2-1-3-6-11)10-20-16(23)13(26-17(20)24)9-12-7-4-8-25-12/h1-9H,10H2,(H,18,21)(H,19,22)/b13-9+. The SMILES string of the molecule is O=C(CN1C(=O)/C(=C\c2cccs2)SC1=S)NNC(=O)c1ccccc1. The third-order valence-electron chi connectivity index (χ3n) is 3.34. The number of hydrogen-bond donors (Lipinski definition) is 2. The van der Waals surface area contributed by atoms with E-state index in [1.54, 1.807) is 36.4 Å². The number of thioether (sulfide) groups is 1. The molecular formula is C17H13N3O3S3. The molecule has 132 valence electrons.